The largest absolute Gasteiger partial charge is 0.379 e. The fourth-order valence-electron chi connectivity index (χ4n) is 2.29. The topological polar surface area (TPSA) is 24.9 Å². The lowest BCUT2D eigenvalue weighted by atomic mass is 9.83. The third-order valence-electron chi connectivity index (χ3n) is 3.11. The van der Waals surface area contributed by atoms with Crippen LogP contribution in [0, 0.1) is 0 Å². The minimum absolute atomic E-state index is 0.265. The molecule has 1 N–H and O–H groups in total. The number of nitrogens with one attached hydrogen (secondary N) is 1. The third kappa shape index (κ3) is 2.94. The SMILES string of the molecule is CC1(Nc2cncc(Br)c2)CCCCC1. The highest BCUT2D eigenvalue weighted by Crippen LogP contribution is 2.31. The molecule has 0 bridgehead atoms. The summed E-state index contributed by atoms with van der Waals surface area (Å²) < 4.78 is 1.03. The summed E-state index contributed by atoms with van der Waals surface area (Å²) in [5, 5.41) is 3.61. The summed E-state index contributed by atoms with van der Waals surface area (Å²) in [6.07, 6.45) is 10.3. The molecule has 0 aliphatic heterocycles. The van der Waals surface area contributed by atoms with Crippen LogP contribution in [-0.4, -0.2) is 10.5 Å². The molecular formula is C12H17BrN2. The zero-order chi connectivity index (χ0) is 10.7. The Labute approximate surface area is 99.6 Å². The standard InChI is InChI=1S/C12H17BrN2/c1-12(5-3-2-4-6-12)15-11-7-10(13)8-14-9-11/h7-9,15H,2-6H2,1H3. The van der Waals surface area contributed by atoms with Gasteiger partial charge in [0.2, 0.25) is 0 Å². The summed E-state index contributed by atoms with van der Waals surface area (Å²) in [6.45, 7) is 2.31. The highest BCUT2D eigenvalue weighted by molar-refractivity contribution is 9.10. The van der Waals surface area contributed by atoms with E-state index in [2.05, 4.69) is 39.2 Å². The van der Waals surface area contributed by atoms with E-state index in [1.54, 1.807) is 0 Å². The molecule has 1 aromatic rings. The molecule has 0 aromatic carbocycles. The molecule has 2 rings (SSSR count). The van der Waals surface area contributed by atoms with Crippen LogP contribution >= 0.6 is 15.9 Å². The van der Waals surface area contributed by atoms with Crippen LogP contribution in [0.4, 0.5) is 5.69 Å². The van der Waals surface area contributed by atoms with Gasteiger partial charge in [-0.2, -0.15) is 0 Å². The van der Waals surface area contributed by atoms with Crippen molar-refractivity contribution < 1.29 is 0 Å². The Morgan fingerprint density at radius 1 is 1.27 bits per heavy atom. The lowest BCUT2D eigenvalue weighted by Gasteiger charge is -2.35. The van der Waals surface area contributed by atoms with Crippen molar-refractivity contribution >= 4 is 21.6 Å². The number of rotatable bonds is 2. The maximum absolute atomic E-state index is 4.17. The van der Waals surface area contributed by atoms with Crippen molar-refractivity contribution in [2.75, 3.05) is 5.32 Å². The van der Waals surface area contributed by atoms with Gasteiger partial charge < -0.3 is 5.32 Å². The minimum atomic E-state index is 0.265. The highest BCUT2D eigenvalue weighted by Gasteiger charge is 2.26. The van der Waals surface area contributed by atoms with Crippen molar-refractivity contribution in [1.82, 2.24) is 4.98 Å². The zero-order valence-electron chi connectivity index (χ0n) is 9.09. The van der Waals surface area contributed by atoms with Gasteiger partial charge in [0, 0.05) is 16.2 Å². The summed E-state index contributed by atoms with van der Waals surface area (Å²) in [7, 11) is 0. The second-order valence-corrected chi connectivity index (χ2v) is 5.55. The highest BCUT2D eigenvalue weighted by atomic mass is 79.9. The van der Waals surface area contributed by atoms with Crippen LogP contribution < -0.4 is 5.32 Å². The normalized spacial score (nSPS) is 19.9. The maximum atomic E-state index is 4.17. The Hall–Kier alpha value is -0.570. The Balaban J connectivity index is 2.06. The molecule has 0 unspecified atom stereocenters. The lowest BCUT2D eigenvalue weighted by Crippen LogP contribution is -2.36. The second kappa shape index (κ2) is 4.52. The fraction of sp³-hybridized carbons (Fsp3) is 0.583. The lowest BCUT2D eigenvalue weighted by molar-refractivity contribution is 0.349. The Kier molecular flexibility index (Phi) is 3.29. The monoisotopic (exact) mass is 268 g/mol. The summed E-state index contributed by atoms with van der Waals surface area (Å²) in [4.78, 5) is 4.17. The molecule has 1 fully saturated rings. The van der Waals surface area contributed by atoms with E-state index in [0.29, 0.717) is 0 Å². The number of anilines is 1. The zero-order valence-corrected chi connectivity index (χ0v) is 10.7. The Morgan fingerprint density at radius 3 is 2.67 bits per heavy atom. The molecule has 1 aliphatic carbocycles. The van der Waals surface area contributed by atoms with Gasteiger partial charge in [0.1, 0.15) is 0 Å². The summed E-state index contributed by atoms with van der Waals surface area (Å²) in [5.41, 5.74) is 1.38. The van der Waals surface area contributed by atoms with E-state index in [1.807, 2.05) is 12.4 Å². The van der Waals surface area contributed by atoms with E-state index in [0.717, 1.165) is 10.2 Å². The van der Waals surface area contributed by atoms with Gasteiger partial charge >= 0.3 is 0 Å². The van der Waals surface area contributed by atoms with E-state index >= 15 is 0 Å². The van der Waals surface area contributed by atoms with Crippen molar-refractivity contribution in [3.05, 3.63) is 22.9 Å². The first-order chi connectivity index (χ1) is 7.18. The van der Waals surface area contributed by atoms with Crippen molar-refractivity contribution in [1.29, 1.82) is 0 Å². The predicted octanol–water partition coefficient (Wildman–Crippen LogP) is 3.98. The van der Waals surface area contributed by atoms with Crippen molar-refractivity contribution in [2.24, 2.45) is 0 Å². The van der Waals surface area contributed by atoms with Crippen LogP contribution in [0.2, 0.25) is 0 Å². The van der Waals surface area contributed by atoms with E-state index in [4.69, 9.17) is 0 Å². The molecule has 1 saturated carbocycles. The quantitative estimate of drug-likeness (QED) is 0.878. The van der Waals surface area contributed by atoms with E-state index < -0.39 is 0 Å². The second-order valence-electron chi connectivity index (χ2n) is 4.64. The maximum Gasteiger partial charge on any atom is 0.0542 e. The van der Waals surface area contributed by atoms with Crippen molar-refractivity contribution in [3.63, 3.8) is 0 Å². The van der Waals surface area contributed by atoms with Crippen LogP contribution in [-0.2, 0) is 0 Å². The minimum Gasteiger partial charge on any atom is -0.379 e. The molecule has 1 aliphatic rings. The number of nitrogens with zero attached hydrogens (tertiary/aromatic N) is 1. The van der Waals surface area contributed by atoms with Crippen LogP contribution in [0.3, 0.4) is 0 Å². The van der Waals surface area contributed by atoms with Gasteiger partial charge in [-0.25, -0.2) is 0 Å². The fourth-order valence-corrected chi connectivity index (χ4v) is 2.65. The number of hydrogen-bond acceptors (Lipinski definition) is 2. The van der Waals surface area contributed by atoms with Crippen LogP contribution in [0.15, 0.2) is 22.9 Å². The molecule has 0 spiro atoms. The number of hydrogen-bond donors (Lipinski definition) is 1. The molecule has 0 amide bonds. The van der Waals surface area contributed by atoms with Gasteiger partial charge in [0.05, 0.1) is 11.9 Å². The molecule has 3 heteroatoms. The van der Waals surface area contributed by atoms with Gasteiger partial charge in [-0.1, -0.05) is 19.3 Å². The predicted molar refractivity (Wildman–Crippen MR) is 67.0 cm³/mol. The molecule has 0 atom stereocenters. The molecule has 2 nitrogen and oxygen atoms in total. The molecule has 15 heavy (non-hydrogen) atoms. The van der Waals surface area contributed by atoms with Gasteiger partial charge in [-0.3, -0.25) is 4.98 Å². The van der Waals surface area contributed by atoms with E-state index in [9.17, 15) is 0 Å². The summed E-state index contributed by atoms with van der Waals surface area (Å²) in [5.74, 6) is 0. The Morgan fingerprint density at radius 2 is 2.00 bits per heavy atom. The van der Waals surface area contributed by atoms with E-state index in [1.165, 1.54) is 32.1 Å². The third-order valence-corrected chi connectivity index (χ3v) is 3.54. The molecule has 1 aromatic heterocycles. The Bertz CT molecular complexity index is 332. The first-order valence-corrected chi connectivity index (χ1v) is 6.36. The molecule has 82 valence electrons. The summed E-state index contributed by atoms with van der Waals surface area (Å²) in [6, 6.07) is 2.09. The van der Waals surface area contributed by atoms with Gasteiger partial charge in [0.15, 0.2) is 0 Å². The van der Waals surface area contributed by atoms with Crippen molar-refractivity contribution in [3.8, 4) is 0 Å². The van der Waals surface area contributed by atoms with Crippen LogP contribution in [0.1, 0.15) is 39.0 Å². The molecule has 1 heterocycles. The first kappa shape index (κ1) is 10.9. The number of aromatic nitrogens is 1. The molecule has 0 saturated heterocycles. The molecule has 0 radical (unpaired) electrons. The van der Waals surface area contributed by atoms with Crippen LogP contribution in [0.25, 0.3) is 0 Å². The van der Waals surface area contributed by atoms with E-state index in [-0.39, 0.29) is 5.54 Å². The van der Waals surface area contributed by atoms with Gasteiger partial charge in [-0.05, 0) is 41.8 Å². The number of pyridine rings is 1. The van der Waals surface area contributed by atoms with Crippen molar-refractivity contribution in [2.45, 2.75) is 44.6 Å². The number of halogens is 1. The van der Waals surface area contributed by atoms with Gasteiger partial charge in [-0.15, -0.1) is 0 Å². The summed E-state index contributed by atoms with van der Waals surface area (Å²) >= 11 is 3.44. The average Bonchev–Trinajstić information content (AvgIpc) is 2.18. The van der Waals surface area contributed by atoms with Gasteiger partial charge in [0.25, 0.3) is 0 Å². The molecular weight excluding hydrogens is 252 g/mol. The van der Waals surface area contributed by atoms with Crippen LogP contribution in [0.5, 0.6) is 0 Å². The first-order valence-electron chi connectivity index (χ1n) is 5.57. The smallest absolute Gasteiger partial charge is 0.0542 e. The average molecular weight is 269 g/mol.